The van der Waals surface area contributed by atoms with Gasteiger partial charge in [-0.15, -0.1) is 11.3 Å². The molecule has 4 nitrogen and oxygen atoms in total. The molecular weight excluding hydrogens is 277 g/mol. The molecule has 1 atom stereocenters. The quantitative estimate of drug-likeness (QED) is 0.777. The summed E-state index contributed by atoms with van der Waals surface area (Å²) >= 11 is 1.35. The zero-order chi connectivity index (χ0) is 14.1. The number of carbonyl (C=O) groups excluding carboxylic acids is 1. The summed E-state index contributed by atoms with van der Waals surface area (Å²) in [5.74, 6) is -0.464. The van der Waals surface area contributed by atoms with Crippen LogP contribution in [0.25, 0.3) is 10.1 Å². The molecule has 20 heavy (non-hydrogen) atoms. The van der Waals surface area contributed by atoms with Crippen LogP contribution in [0.2, 0.25) is 0 Å². The van der Waals surface area contributed by atoms with E-state index in [1.807, 2.05) is 6.92 Å². The maximum absolute atomic E-state index is 13.1. The van der Waals surface area contributed by atoms with E-state index < -0.39 is 0 Å². The number of aromatic amines is 1. The van der Waals surface area contributed by atoms with Crippen molar-refractivity contribution in [2.75, 3.05) is 0 Å². The molecule has 0 aliphatic carbocycles. The molecule has 1 amide bonds. The number of nitrogens with one attached hydrogen (secondary N) is 2. The van der Waals surface area contributed by atoms with Crippen LogP contribution in [0, 0.1) is 5.82 Å². The van der Waals surface area contributed by atoms with Crippen LogP contribution in [-0.2, 0) is 0 Å². The van der Waals surface area contributed by atoms with Gasteiger partial charge >= 0.3 is 0 Å². The Kier molecular flexibility index (Phi) is 3.23. The van der Waals surface area contributed by atoms with Crippen LogP contribution in [0.1, 0.15) is 28.2 Å². The lowest BCUT2D eigenvalue weighted by Gasteiger charge is -2.10. The summed E-state index contributed by atoms with van der Waals surface area (Å²) in [5, 5.41) is 10.2. The van der Waals surface area contributed by atoms with Crippen molar-refractivity contribution in [2.45, 2.75) is 13.0 Å². The van der Waals surface area contributed by atoms with Gasteiger partial charge in [0.25, 0.3) is 5.91 Å². The van der Waals surface area contributed by atoms with Gasteiger partial charge in [0.15, 0.2) is 0 Å². The highest BCUT2D eigenvalue weighted by molar-refractivity contribution is 7.20. The van der Waals surface area contributed by atoms with Gasteiger partial charge in [-0.2, -0.15) is 5.10 Å². The topological polar surface area (TPSA) is 57.8 Å². The Morgan fingerprint density at radius 2 is 2.30 bits per heavy atom. The van der Waals surface area contributed by atoms with Gasteiger partial charge < -0.3 is 5.32 Å². The van der Waals surface area contributed by atoms with E-state index in [-0.39, 0.29) is 17.8 Å². The number of amides is 1. The highest BCUT2D eigenvalue weighted by Gasteiger charge is 2.14. The number of aromatic nitrogens is 2. The zero-order valence-electron chi connectivity index (χ0n) is 10.7. The van der Waals surface area contributed by atoms with Gasteiger partial charge in [-0.3, -0.25) is 9.89 Å². The monoisotopic (exact) mass is 289 g/mol. The van der Waals surface area contributed by atoms with E-state index in [2.05, 4.69) is 15.5 Å². The largest absolute Gasteiger partial charge is 0.345 e. The molecule has 0 aliphatic heterocycles. The van der Waals surface area contributed by atoms with Crippen LogP contribution < -0.4 is 5.32 Å². The Labute approximate surface area is 118 Å². The third kappa shape index (κ3) is 2.42. The normalized spacial score (nSPS) is 12.5. The lowest BCUT2D eigenvalue weighted by Crippen LogP contribution is -2.25. The van der Waals surface area contributed by atoms with Gasteiger partial charge in [0, 0.05) is 16.5 Å². The molecule has 2 N–H and O–H groups in total. The van der Waals surface area contributed by atoms with Crippen molar-refractivity contribution in [3.05, 3.63) is 52.9 Å². The molecule has 0 fully saturated rings. The molecule has 3 rings (SSSR count). The highest BCUT2D eigenvalue weighted by Crippen LogP contribution is 2.26. The molecule has 2 heterocycles. The van der Waals surface area contributed by atoms with Crippen molar-refractivity contribution >= 4 is 27.3 Å². The number of carbonyl (C=O) groups is 1. The number of halogens is 1. The summed E-state index contributed by atoms with van der Waals surface area (Å²) < 4.78 is 14.0. The zero-order valence-corrected chi connectivity index (χ0v) is 11.5. The Hall–Kier alpha value is -2.21. The molecule has 2 aromatic heterocycles. The van der Waals surface area contributed by atoms with E-state index in [9.17, 15) is 9.18 Å². The summed E-state index contributed by atoms with van der Waals surface area (Å²) in [7, 11) is 0. The van der Waals surface area contributed by atoms with Crippen LogP contribution in [0.3, 0.4) is 0 Å². The third-order valence-electron chi connectivity index (χ3n) is 3.07. The molecule has 1 unspecified atom stereocenters. The second-order valence-electron chi connectivity index (χ2n) is 4.52. The number of H-pyrrole nitrogens is 1. The minimum Gasteiger partial charge on any atom is -0.345 e. The predicted octanol–water partition coefficient (Wildman–Crippen LogP) is 3.25. The number of fused-ring (bicyclic) bond motifs is 1. The number of hydrogen-bond acceptors (Lipinski definition) is 3. The number of rotatable bonds is 3. The maximum Gasteiger partial charge on any atom is 0.261 e. The molecule has 0 aliphatic rings. The molecule has 1 aromatic carbocycles. The average molecular weight is 289 g/mol. The van der Waals surface area contributed by atoms with E-state index in [0.717, 1.165) is 15.6 Å². The van der Waals surface area contributed by atoms with Crippen molar-refractivity contribution in [3.63, 3.8) is 0 Å². The van der Waals surface area contributed by atoms with Crippen molar-refractivity contribution in [1.29, 1.82) is 0 Å². The van der Waals surface area contributed by atoms with E-state index in [1.54, 1.807) is 24.5 Å². The first-order valence-electron chi connectivity index (χ1n) is 6.12. The lowest BCUT2D eigenvalue weighted by atomic mass is 10.2. The minimum absolute atomic E-state index is 0.136. The Bertz CT molecular complexity index is 751. The summed E-state index contributed by atoms with van der Waals surface area (Å²) in [5.41, 5.74) is 0.908. The highest BCUT2D eigenvalue weighted by atomic mass is 32.1. The molecule has 0 spiro atoms. The summed E-state index contributed by atoms with van der Waals surface area (Å²) in [6.07, 6.45) is 3.41. The Morgan fingerprint density at radius 3 is 3.05 bits per heavy atom. The SMILES string of the molecule is CC(NC(=O)c1cc2cc(F)ccc2s1)c1cn[nH]c1. The number of nitrogens with zero attached hydrogens (tertiary/aromatic N) is 1. The summed E-state index contributed by atoms with van der Waals surface area (Å²) in [6.45, 7) is 1.88. The van der Waals surface area contributed by atoms with Crippen LogP contribution in [-0.4, -0.2) is 16.1 Å². The Balaban J connectivity index is 1.82. The molecular formula is C14H12FN3OS. The van der Waals surface area contributed by atoms with Gasteiger partial charge in [0.1, 0.15) is 5.82 Å². The van der Waals surface area contributed by atoms with Gasteiger partial charge in [-0.25, -0.2) is 4.39 Å². The summed E-state index contributed by atoms with van der Waals surface area (Å²) in [4.78, 5) is 12.8. The van der Waals surface area contributed by atoms with Crippen LogP contribution in [0.15, 0.2) is 36.7 Å². The van der Waals surface area contributed by atoms with Gasteiger partial charge in [0.2, 0.25) is 0 Å². The number of thiophene rings is 1. The number of hydrogen-bond donors (Lipinski definition) is 2. The molecule has 0 saturated carbocycles. The fourth-order valence-corrected chi connectivity index (χ4v) is 2.92. The third-order valence-corrected chi connectivity index (χ3v) is 4.18. The smallest absolute Gasteiger partial charge is 0.261 e. The van der Waals surface area contributed by atoms with Crippen molar-refractivity contribution < 1.29 is 9.18 Å². The van der Waals surface area contributed by atoms with Gasteiger partial charge in [-0.1, -0.05) is 0 Å². The molecule has 0 radical (unpaired) electrons. The average Bonchev–Trinajstić information content (AvgIpc) is 3.07. The second kappa shape index (κ2) is 5.05. The standard InChI is InChI=1S/C14H12FN3OS/c1-8(10-6-16-17-7-10)18-14(19)13-5-9-4-11(15)2-3-12(9)20-13/h2-8H,1H3,(H,16,17)(H,18,19). The predicted molar refractivity (Wildman–Crippen MR) is 76.3 cm³/mol. The first kappa shape index (κ1) is 12.8. The fourth-order valence-electron chi connectivity index (χ4n) is 1.97. The second-order valence-corrected chi connectivity index (χ2v) is 5.60. The molecule has 0 saturated heterocycles. The maximum atomic E-state index is 13.1. The first-order chi connectivity index (χ1) is 9.63. The number of benzene rings is 1. The van der Waals surface area contributed by atoms with Crippen molar-refractivity contribution in [3.8, 4) is 0 Å². The Morgan fingerprint density at radius 1 is 1.45 bits per heavy atom. The van der Waals surface area contributed by atoms with E-state index >= 15 is 0 Å². The van der Waals surface area contributed by atoms with Crippen LogP contribution >= 0.6 is 11.3 Å². The van der Waals surface area contributed by atoms with Crippen molar-refractivity contribution in [2.24, 2.45) is 0 Å². The fraction of sp³-hybridized carbons (Fsp3) is 0.143. The van der Waals surface area contributed by atoms with Crippen molar-refractivity contribution in [1.82, 2.24) is 15.5 Å². The van der Waals surface area contributed by atoms with Crippen LogP contribution in [0.4, 0.5) is 4.39 Å². The molecule has 0 bridgehead atoms. The molecule has 6 heteroatoms. The first-order valence-corrected chi connectivity index (χ1v) is 6.94. The van der Waals surface area contributed by atoms with Gasteiger partial charge in [-0.05, 0) is 36.6 Å². The minimum atomic E-state index is -0.297. The van der Waals surface area contributed by atoms with E-state index in [0.29, 0.717) is 4.88 Å². The lowest BCUT2D eigenvalue weighted by molar-refractivity contribution is 0.0944. The molecule has 3 aromatic rings. The van der Waals surface area contributed by atoms with Crippen LogP contribution in [0.5, 0.6) is 0 Å². The summed E-state index contributed by atoms with van der Waals surface area (Å²) in [6, 6.07) is 6.09. The molecule has 102 valence electrons. The van der Waals surface area contributed by atoms with Gasteiger partial charge in [0.05, 0.1) is 17.1 Å². The van der Waals surface area contributed by atoms with E-state index in [4.69, 9.17) is 0 Å². The van der Waals surface area contributed by atoms with E-state index in [1.165, 1.54) is 23.5 Å².